The van der Waals surface area contributed by atoms with Gasteiger partial charge < -0.3 is 15.0 Å². The standard InChI is InChI=1S/C20H17N5O2S/c1-27-13-6-4-5-12(9-13)10-14-18(21)24-20(25-19(14)26)28-11-17-22-15-7-2-3-8-16(15)23-17/h2-10H,11H2,1H3,(H,22,23)(H2,21,24,25,26)/b14-10+. The lowest BCUT2D eigenvalue weighted by Crippen LogP contribution is -2.37. The van der Waals surface area contributed by atoms with Crippen LogP contribution in [0.15, 0.2) is 59.1 Å². The third-order valence-electron chi connectivity index (χ3n) is 4.12. The highest BCUT2D eigenvalue weighted by Gasteiger charge is 2.23. The molecular formula is C20H17N5O2S. The van der Waals surface area contributed by atoms with Crippen LogP contribution in [0.4, 0.5) is 0 Å². The minimum absolute atomic E-state index is 0.0707. The number of aromatic nitrogens is 2. The van der Waals surface area contributed by atoms with Gasteiger partial charge in [-0.25, -0.2) is 9.98 Å². The number of H-pyrrole nitrogens is 1. The first kappa shape index (κ1) is 18.0. The molecule has 2 aromatic carbocycles. The second-order valence-corrected chi connectivity index (χ2v) is 7.01. The quantitative estimate of drug-likeness (QED) is 0.593. The van der Waals surface area contributed by atoms with Gasteiger partial charge in [0, 0.05) is 0 Å². The number of amidine groups is 2. The molecule has 4 rings (SSSR count). The van der Waals surface area contributed by atoms with Crippen molar-refractivity contribution in [3.63, 3.8) is 0 Å². The average molecular weight is 391 g/mol. The molecular weight excluding hydrogens is 374 g/mol. The minimum atomic E-state index is -0.352. The SMILES string of the molecule is COc1cccc(/C=C2\C(=N)N=C(SCc3nc4ccccc4[nH]3)NC2=O)c1. The van der Waals surface area contributed by atoms with Crippen LogP contribution in [0.3, 0.4) is 0 Å². The van der Waals surface area contributed by atoms with Crippen LogP contribution in [0.25, 0.3) is 17.1 Å². The smallest absolute Gasteiger partial charge is 0.261 e. The first-order valence-electron chi connectivity index (χ1n) is 8.53. The zero-order valence-corrected chi connectivity index (χ0v) is 15.8. The number of fused-ring (bicyclic) bond motifs is 1. The first-order valence-corrected chi connectivity index (χ1v) is 9.52. The molecule has 0 atom stereocenters. The topological polar surface area (TPSA) is 103 Å². The Kier molecular flexibility index (Phi) is 4.94. The second-order valence-electron chi connectivity index (χ2n) is 6.04. The van der Waals surface area contributed by atoms with Crippen molar-refractivity contribution < 1.29 is 9.53 Å². The van der Waals surface area contributed by atoms with Crippen LogP contribution >= 0.6 is 11.8 Å². The van der Waals surface area contributed by atoms with E-state index in [1.165, 1.54) is 11.8 Å². The van der Waals surface area contributed by atoms with E-state index in [9.17, 15) is 4.79 Å². The lowest BCUT2D eigenvalue weighted by Gasteiger charge is -2.15. The number of ether oxygens (including phenoxy) is 1. The van der Waals surface area contributed by atoms with Gasteiger partial charge in [0.05, 0.1) is 29.5 Å². The summed E-state index contributed by atoms with van der Waals surface area (Å²) in [5.74, 6) is 1.55. The number of amides is 1. The van der Waals surface area contributed by atoms with Crippen molar-refractivity contribution in [1.29, 1.82) is 5.41 Å². The van der Waals surface area contributed by atoms with E-state index in [1.807, 2.05) is 42.5 Å². The maximum Gasteiger partial charge on any atom is 0.261 e. The predicted molar refractivity (Wildman–Crippen MR) is 112 cm³/mol. The largest absolute Gasteiger partial charge is 0.497 e. The monoisotopic (exact) mass is 391 g/mol. The number of thioether (sulfide) groups is 1. The van der Waals surface area contributed by atoms with Gasteiger partial charge in [-0.05, 0) is 35.9 Å². The van der Waals surface area contributed by atoms with Crippen molar-refractivity contribution in [2.45, 2.75) is 5.75 Å². The summed E-state index contributed by atoms with van der Waals surface area (Å²) in [4.78, 5) is 24.4. The lowest BCUT2D eigenvalue weighted by molar-refractivity contribution is -0.115. The average Bonchev–Trinajstić information content (AvgIpc) is 3.12. The molecule has 0 saturated carbocycles. The Balaban J connectivity index is 1.48. The molecule has 0 saturated heterocycles. The maximum absolute atomic E-state index is 12.5. The molecule has 3 N–H and O–H groups in total. The van der Waals surface area contributed by atoms with Gasteiger partial charge in [0.1, 0.15) is 11.6 Å². The number of carbonyl (C=O) groups is 1. The van der Waals surface area contributed by atoms with E-state index in [-0.39, 0.29) is 17.3 Å². The number of nitrogens with one attached hydrogen (secondary N) is 3. The predicted octanol–water partition coefficient (Wildman–Crippen LogP) is 3.35. The molecule has 7 nitrogen and oxygen atoms in total. The summed E-state index contributed by atoms with van der Waals surface area (Å²) in [5.41, 5.74) is 2.83. The van der Waals surface area contributed by atoms with Crippen molar-refractivity contribution in [1.82, 2.24) is 15.3 Å². The number of benzene rings is 2. The van der Waals surface area contributed by atoms with Crippen LogP contribution in [0, 0.1) is 5.41 Å². The molecule has 0 radical (unpaired) electrons. The molecule has 1 aliphatic heterocycles. The normalized spacial score (nSPS) is 15.6. The fourth-order valence-electron chi connectivity index (χ4n) is 2.77. The van der Waals surface area contributed by atoms with Gasteiger partial charge >= 0.3 is 0 Å². The number of rotatable bonds is 4. The van der Waals surface area contributed by atoms with Crippen molar-refractivity contribution in [2.75, 3.05) is 7.11 Å². The molecule has 8 heteroatoms. The molecule has 0 bridgehead atoms. The van der Waals surface area contributed by atoms with Gasteiger partial charge in [-0.1, -0.05) is 36.0 Å². The molecule has 0 unspecified atom stereocenters. The molecule has 1 aliphatic rings. The highest BCUT2D eigenvalue weighted by atomic mass is 32.2. The Morgan fingerprint density at radius 1 is 1.21 bits per heavy atom. The maximum atomic E-state index is 12.5. The van der Waals surface area contributed by atoms with Crippen LogP contribution in [-0.4, -0.2) is 34.0 Å². The number of nitrogens with zero attached hydrogens (tertiary/aromatic N) is 2. The lowest BCUT2D eigenvalue weighted by atomic mass is 10.1. The Labute approximate surface area is 165 Å². The summed E-state index contributed by atoms with van der Waals surface area (Å²) in [7, 11) is 1.58. The summed E-state index contributed by atoms with van der Waals surface area (Å²) >= 11 is 1.32. The van der Waals surface area contributed by atoms with Crippen molar-refractivity contribution in [3.05, 3.63) is 65.5 Å². The van der Waals surface area contributed by atoms with Gasteiger partial charge in [0.15, 0.2) is 11.0 Å². The minimum Gasteiger partial charge on any atom is -0.497 e. The number of hydrogen-bond acceptors (Lipinski definition) is 5. The van der Waals surface area contributed by atoms with Gasteiger partial charge in [-0.3, -0.25) is 10.2 Å². The van der Waals surface area contributed by atoms with Gasteiger partial charge in [-0.2, -0.15) is 0 Å². The summed E-state index contributed by atoms with van der Waals surface area (Å²) in [5, 5.41) is 11.3. The van der Waals surface area contributed by atoms with E-state index in [0.29, 0.717) is 16.7 Å². The number of methoxy groups -OCH3 is 1. The zero-order chi connectivity index (χ0) is 19.5. The van der Waals surface area contributed by atoms with Gasteiger partial charge in [-0.15, -0.1) is 0 Å². The number of carbonyl (C=O) groups excluding carboxylic acids is 1. The van der Waals surface area contributed by atoms with Crippen LogP contribution in [0.1, 0.15) is 11.4 Å². The Bertz CT molecular complexity index is 1100. The number of imidazole rings is 1. The van der Waals surface area contributed by atoms with E-state index in [2.05, 4.69) is 20.3 Å². The van der Waals surface area contributed by atoms with E-state index >= 15 is 0 Å². The zero-order valence-electron chi connectivity index (χ0n) is 15.0. The molecule has 3 aromatic rings. The van der Waals surface area contributed by atoms with E-state index < -0.39 is 0 Å². The Hall–Kier alpha value is -3.39. The van der Waals surface area contributed by atoms with E-state index in [0.717, 1.165) is 22.4 Å². The third-order valence-corrected chi connectivity index (χ3v) is 5.01. The number of hydrogen-bond donors (Lipinski definition) is 3. The van der Waals surface area contributed by atoms with Crippen LogP contribution in [0.2, 0.25) is 0 Å². The first-order chi connectivity index (χ1) is 13.6. The van der Waals surface area contributed by atoms with E-state index in [1.54, 1.807) is 19.3 Å². The van der Waals surface area contributed by atoms with Crippen LogP contribution < -0.4 is 10.1 Å². The van der Waals surface area contributed by atoms with Crippen molar-refractivity contribution >= 4 is 45.8 Å². The highest BCUT2D eigenvalue weighted by molar-refractivity contribution is 8.13. The molecule has 0 aliphatic carbocycles. The Morgan fingerprint density at radius 2 is 2.07 bits per heavy atom. The molecule has 2 heterocycles. The second kappa shape index (κ2) is 7.69. The molecule has 28 heavy (non-hydrogen) atoms. The molecule has 1 aromatic heterocycles. The highest BCUT2D eigenvalue weighted by Crippen LogP contribution is 2.20. The number of aromatic amines is 1. The number of para-hydroxylation sites is 2. The van der Waals surface area contributed by atoms with Gasteiger partial charge in [0.25, 0.3) is 5.91 Å². The van der Waals surface area contributed by atoms with Crippen LogP contribution in [0.5, 0.6) is 5.75 Å². The van der Waals surface area contributed by atoms with Gasteiger partial charge in [0.2, 0.25) is 0 Å². The summed E-state index contributed by atoms with van der Waals surface area (Å²) in [6.45, 7) is 0. The molecule has 1 amide bonds. The van der Waals surface area contributed by atoms with Crippen molar-refractivity contribution in [2.24, 2.45) is 4.99 Å². The third kappa shape index (κ3) is 3.81. The van der Waals surface area contributed by atoms with Crippen LogP contribution in [-0.2, 0) is 10.5 Å². The van der Waals surface area contributed by atoms with Crippen molar-refractivity contribution in [3.8, 4) is 5.75 Å². The number of aliphatic imine (C=N–C) groups is 1. The fourth-order valence-corrected chi connectivity index (χ4v) is 3.50. The fraction of sp³-hybridized carbons (Fsp3) is 0.100. The summed E-state index contributed by atoms with van der Waals surface area (Å²) < 4.78 is 5.19. The molecule has 0 fully saturated rings. The van der Waals surface area contributed by atoms with E-state index in [4.69, 9.17) is 10.1 Å². The summed E-state index contributed by atoms with van der Waals surface area (Å²) in [6.07, 6.45) is 1.63. The Morgan fingerprint density at radius 3 is 2.86 bits per heavy atom. The molecule has 0 spiro atoms. The summed E-state index contributed by atoms with van der Waals surface area (Å²) in [6, 6.07) is 15.1. The molecule has 140 valence electrons.